The van der Waals surface area contributed by atoms with Gasteiger partial charge in [-0.05, 0) is 6.07 Å². The Morgan fingerprint density at radius 3 is 2.67 bits per heavy atom. The molecule has 2 aromatic heterocycles. The second-order valence-electron chi connectivity index (χ2n) is 4.70. The maximum Gasteiger partial charge on any atom is 0.417 e. The van der Waals surface area contributed by atoms with Crippen LogP contribution in [0.3, 0.4) is 0 Å². The molecule has 0 aliphatic heterocycles. The molecule has 1 amide bonds. The van der Waals surface area contributed by atoms with E-state index < -0.39 is 17.6 Å². The number of nitrogens with zero attached hydrogens (tertiary/aromatic N) is 4. The maximum atomic E-state index is 12.5. The summed E-state index contributed by atoms with van der Waals surface area (Å²) < 4.78 is 39.4. The first-order valence-corrected chi connectivity index (χ1v) is 8.12. The van der Waals surface area contributed by atoms with E-state index in [1.165, 1.54) is 0 Å². The van der Waals surface area contributed by atoms with Gasteiger partial charge in [0.2, 0.25) is 5.91 Å². The van der Waals surface area contributed by atoms with Crippen LogP contribution in [0.1, 0.15) is 18.3 Å². The van der Waals surface area contributed by atoms with E-state index in [-0.39, 0.29) is 16.6 Å². The van der Waals surface area contributed by atoms with E-state index in [4.69, 9.17) is 11.6 Å². The Kier molecular flexibility index (Phi) is 5.70. The van der Waals surface area contributed by atoms with Gasteiger partial charge in [0, 0.05) is 19.7 Å². The number of carbonyl (C=O) groups is 1. The molecule has 11 heteroatoms. The third kappa shape index (κ3) is 4.38. The van der Waals surface area contributed by atoms with Gasteiger partial charge in [-0.3, -0.25) is 4.79 Å². The molecule has 2 heterocycles. The van der Waals surface area contributed by atoms with Gasteiger partial charge in [0.15, 0.2) is 11.0 Å². The van der Waals surface area contributed by atoms with Crippen molar-refractivity contribution >= 4 is 35.1 Å². The molecule has 24 heavy (non-hydrogen) atoms. The summed E-state index contributed by atoms with van der Waals surface area (Å²) in [6, 6.07) is 0.716. The number of aryl methyl sites for hydroxylation is 1. The van der Waals surface area contributed by atoms with Crippen LogP contribution >= 0.6 is 23.4 Å². The highest BCUT2D eigenvalue weighted by Gasteiger charge is 2.31. The van der Waals surface area contributed by atoms with Crippen molar-refractivity contribution < 1.29 is 18.0 Å². The third-order valence-corrected chi connectivity index (χ3v) is 4.31. The zero-order chi connectivity index (χ0) is 17.9. The summed E-state index contributed by atoms with van der Waals surface area (Å²) in [6.45, 7) is 1.93. The minimum Gasteiger partial charge on any atom is -0.309 e. The molecule has 0 spiro atoms. The van der Waals surface area contributed by atoms with Crippen molar-refractivity contribution in [2.45, 2.75) is 24.7 Å². The normalized spacial score (nSPS) is 11.6. The molecule has 2 aromatic rings. The Morgan fingerprint density at radius 2 is 2.12 bits per heavy atom. The van der Waals surface area contributed by atoms with Crippen LogP contribution in [0, 0.1) is 0 Å². The monoisotopic (exact) mass is 379 g/mol. The Bertz CT molecular complexity index is 750. The first-order chi connectivity index (χ1) is 11.2. The molecule has 0 aromatic carbocycles. The van der Waals surface area contributed by atoms with E-state index in [2.05, 4.69) is 20.5 Å². The Labute approximate surface area is 144 Å². The van der Waals surface area contributed by atoms with E-state index in [0.29, 0.717) is 23.8 Å². The van der Waals surface area contributed by atoms with Crippen LogP contribution in [0.4, 0.5) is 19.0 Å². The van der Waals surface area contributed by atoms with Crippen molar-refractivity contribution in [1.29, 1.82) is 0 Å². The molecule has 0 unspecified atom stereocenters. The van der Waals surface area contributed by atoms with Gasteiger partial charge in [-0.1, -0.05) is 30.3 Å². The Morgan fingerprint density at radius 1 is 1.42 bits per heavy atom. The minimum atomic E-state index is -4.54. The number of nitrogens with one attached hydrogen (secondary N) is 1. The molecular formula is C13H13ClF3N5OS. The average Bonchev–Trinajstić information content (AvgIpc) is 2.86. The van der Waals surface area contributed by atoms with Crippen molar-refractivity contribution in [3.63, 3.8) is 0 Å². The van der Waals surface area contributed by atoms with Gasteiger partial charge in [0.05, 0.1) is 16.3 Å². The first kappa shape index (κ1) is 18.5. The lowest BCUT2D eigenvalue weighted by Crippen LogP contribution is -2.16. The van der Waals surface area contributed by atoms with Crippen LogP contribution < -0.4 is 5.32 Å². The predicted molar refractivity (Wildman–Crippen MR) is 84.0 cm³/mol. The fourth-order valence-electron chi connectivity index (χ4n) is 1.76. The predicted octanol–water partition coefficient (Wildman–Crippen LogP) is 3.18. The number of carbonyl (C=O) groups excluding carboxylic acids is 1. The quantitative estimate of drug-likeness (QED) is 0.808. The van der Waals surface area contributed by atoms with Crippen LogP contribution in [0.25, 0.3) is 0 Å². The van der Waals surface area contributed by atoms with Gasteiger partial charge in [0.25, 0.3) is 0 Å². The smallest absolute Gasteiger partial charge is 0.309 e. The van der Waals surface area contributed by atoms with Crippen molar-refractivity contribution in [1.82, 2.24) is 19.7 Å². The van der Waals surface area contributed by atoms with Gasteiger partial charge in [0.1, 0.15) is 5.82 Å². The van der Waals surface area contributed by atoms with Crippen molar-refractivity contribution in [2.75, 3.05) is 11.1 Å². The number of halogens is 4. The standard InChI is InChI=1S/C13H13ClF3N5OS/c1-3-9-20-21-12(22(9)2)24-6-10(23)19-11-8(14)4-7(5-18-11)13(15,16)17/h4-5H,3,6H2,1-2H3,(H,18,19,23). The lowest BCUT2D eigenvalue weighted by atomic mass is 10.3. The number of amides is 1. The molecule has 130 valence electrons. The van der Waals surface area contributed by atoms with Gasteiger partial charge in [-0.2, -0.15) is 13.2 Å². The topological polar surface area (TPSA) is 72.7 Å². The van der Waals surface area contributed by atoms with Crippen LogP contribution in [0.2, 0.25) is 5.02 Å². The molecule has 1 N–H and O–H groups in total. The highest BCUT2D eigenvalue weighted by Crippen LogP contribution is 2.32. The zero-order valence-corrected chi connectivity index (χ0v) is 14.3. The van der Waals surface area contributed by atoms with Crippen LogP contribution in [0.5, 0.6) is 0 Å². The highest BCUT2D eigenvalue weighted by atomic mass is 35.5. The summed E-state index contributed by atoms with van der Waals surface area (Å²) in [5.41, 5.74) is -0.981. The van der Waals surface area contributed by atoms with Gasteiger partial charge < -0.3 is 9.88 Å². The molecule has 0 fully saturated rings. The minimum absolute atomic E-state index is 0.00524. The average molecular weight is 380 g/mol. The number of thioether (sulfide) groups is 1. The Balaban J connectivity index is 1.98. The van der Waals surface area contributed by atoms with Crippen molar-refractivity contribution in [2.24, 2.45) is 7.05 Å². The van der Waals surface area contributed by atoms with Crippen molar-refractivity contribution in [3.05, 3.63) is 28.7 Å². The number of alkyl halides is 3. The summed E-state index contributed by atoms with van der Waals surface area (Å²) in [6.07, 6.45) is -3.22. The maximum absolute atomic E-state index is 12.5. The molecule has 0 atom stereocenters. The molecule has 0 bridgehead atoms. The third-order valence-electron chi connectivity index (χ3n) is 3.00. The second-order valence-corrected chi connectivity index (χ2v) is 6.05. The largest absolute Gasteiger partial charge is 0.417 e. The Hall–Kier alpha value is -1.81. The van der Waals surface area contributed by atoms with E-state index in [1.54, 1.807) is 11.6 Å². The molecule has 6 nitrogen and oxygen atoms in total. The SMILES string of the molecule is CCc1nnc(SCC(=O)Nc2ncc(C(F)(F)F)cc2Cl)n1C. The fourth-order valence-corrected chi connectivity index (χ4v) is 2.71. The van der Waals surface area contributed by atoms with E-state index in [0.717, 1.165) is 17.6 Å². The first-order valence-electron chi connectivity index (χ1n) is 6.76. The molecule has 0 aliphatic carbocycles. The van der Waals surface area contributed by atoms with Crippen LogP contribution in [-0.2, 0) is 24.4 Å². The zero-order valence-electron chi connectivity index (χ0n) is 12.7. The molecule has 0 saturated carbocycles. The summed E-state index contributed by atoms with van der Waals surface area (Å²) in [4.78, 5) is 15.4. The fraction of sp³-hybridized carbons (Fsp3) is 0.385. The lowest BCUT2D eigenvalue weighted by molar-refractivity contribution is -0.137. The molecule has 0 aliphatic rings. The lowest BCUT2D eigenvalue weighted by Gasteiger charge is -2.10. The van der Waals surface area contributed by atoms with E-state index >= 15 is 0 Å². The number of aromatic nitrogens is 4. The number of anilines is 1. The highest BCUT2D eigenvalue weighted by molar-refractivity contribution is 7.99. The number of pyridine rings is 1. The summed E-state index contributed by atoms with van der Waals surface area (Å²) in [5, 5.41) is 10.6. The second kappa shape index (κ2) is 7.39. The summed E-state index contributed by atoms with van der Waals surface area (Å²) in [5.74, 6) is 0.192. The van der Waals surface area contributed by atoms with Crippen molar-refractivity contribution in [3.8, 4) is 0 Å². The van der Waals surface area contributed by atoms with E-state index in [9.17, 15) is 18.0 Å². The van der Waals surface area contributed by atoms with Crippen LogP contribution in [0.15, 0.2) is 17.4 Å². The molecule has 2 rings (SSSR count). The summed E-state index contributed by atoms with van der Waals surface area (Å²) in [7, 11) is 1.79. The van der Waals surface area contributed by atoms with Gasteiger partial charge >= 0.3 is 6.18 Å². The molecule has 0 saturated heterocycles. The van der Waals surface area contributed by atoms with Gasteiger partial charge in [-0.15, -0.1) is 10.2 Å². The molecule has 0 radical (unpaired) electrons. The van der Waals surface area contributed by atoms with Gasteiger partial charge in [-0.25, -0.2) is 4.98 Å². The number of rotatable bonds is 5. The van der Waals surface area contributed by atoms with Crippen LogP contribution in [-0.4, -0.2) is 31.4 Å². The summed E-state index contributed by atoms with van der Waals surface area (Å²) >= 11 is 6.88. The molecular weight excluding hydrogens is 367 g/mol. The number of hydrogen-bond donors (Lipinski definition) is 1. The van der Waals surface area contributed by atoms with E-state index in [1.807, 2.05) is 6.92 Å². The number of hydrogen-bond acceptors (Lipinski definition) is 5.